The van der Waals surface area contributed by atoms with E-state index in [1.54, 1.807) is 0 Å². The summed E-state index contributed by atoms with van der Waals surface area (Å²) in [6.07, 6.45) is 6.33. The van der Waals surface area contributed by atoms with Crippen LogP contribution in [0.15, 0.2) is 0 Å². The van der Waals surface area contributed by atoms with E-state index in [4.69, 9.17) is 14.2 Å². The summed E-state index contributed by atoms with van der Waals surface area (Å²) in [6, 6.07) is 0. The maximum absolute atomic E-state index is 13.1. The average molecular weight is 395 g/mol. The van der Waals surface area contributed by atoms with Crippen molar-refractivity contribution in [2.75, 3.05) is 0 Å². The van der Waals surface area contributed by atoms with E-state index in [9.17, 15) is 4.79 Å². The molecule has 0 N–H and O–H groups in total. The molecule has 4 bridgehead atoms. The van der Waals surface area contributed by atoms with Crippen LogP contribution in [-0.4, -0.2) is 34.0 Å². The van der Waals surface area contributed by atoms with E-state index in [0.29, 0.717) is 5.92 Å². The van der Waals surface area contributed by atoms with Gasteiger partial charge in [0.25, 0.3) is 0 Å². The molecule has 4 heteroatoms. The van der Waals surface area contributed by atoms with Gasteiger partial charge in [0.05, 0.1) is 27.8 Å². The SMILES string of the molecule is CCC(C)(C)C(=O)OC12CC3CC(OC(C)(C)C)(C1)CC(OC(C)(C)C)(C3)C2. The smallest absolute Gasteiger partial charge is 0.312 e. The number of hydrogen-bond acceptors (Lipinski definition) is 4. The Labute approximate surface area is 172 Å². The van der Waals surface area contributed by atoms with E-state index in [0.717, 1.165) is 44.9 Å². The van der Waals surface area contributed by atoms with Crippen molar-refractivity contribution >= 4 is 5.97 Å². The zero-order valence-electron chi connectivity index (χ0n) is 19.7. The summed E-state index contributed by atoms with van der Waals surface area (Å²) in [5.74, 6) is 0.409. The fourth-order valence-corrected chi connectivity index (χ4v) is 6.30. The van der Waals surface area contributed by atoms with Crippen molar-refractivity contribution in [2.24, 2.45) is 11.3 Å². The summed E-state index contributed by atoms with van der Waals surface area (Å²) in [4.78, 5) is 13.1. The Bertz CT molecular complexity index is 589. The highest BCUT2D eigenvalue weighted by molar-refractivity contribution is 5.76. The zero-order chi connectivity index (χ0) is 21.2. The van der Waals surface area contributed by atoms with Crippen molar-refractivity contribution in [1.82, 2.24) is 0 Å². The minimum atomic E-state index is -0.459. The van der Waals surface area contributed by atoms with Crippen LogP contribution in [0, 0.1) is 11.3 Å². The molecule has 28 heavy (non-hydrogen) atoms. The van der Waals surface area contributed by atoms with Crippen LogP contribution in [0.5, 0.6) is 0 Å². The van der Waals surface area contributed by atoms with Crippen LogP contribution in [0.2, 0.25) is 0 Å². The molecule has 0 aromatic heterocycles. The lowest BCUT2D eigenvalue weighted by Gasteiger charge is -2.66. The highest BCUT2D eigenvalue weighted by Gasteiger charge is 2.67. The third-order valence-electron chi connectivity index (χ3n) is 6.71. The summed E-state index contributed by atoms with van der Waals surface area (Å²) in [7, 11) is 0. The van der Waals surface area contributed by atoms with Gasteiger partial charge in [-0.25, -0.2) is 0 Å². The molecular weight excluding hydrogens is 352 g/mol. The van der Waals surface area contributed by atoms with Crippen LogP contribution in [0.3, 0.4) is 0 Å². The van der Waals surface area contributed by atoms with E-state index in [-0.39, 0.29) is 28.4 Å². The van der Waals surface area contributed by atoms with E-state index >= 15 is 0 Å². The average Bonchev–Trinajstić information content (AvgIpc) is 2.39. The number of hydrogen-bond donors (Lipinski definition) is 0. The summed E-state index contributed by atoms with van der Waals surface area (Å²) < 4.78 is 19.8. The van der Waals surface area contributed by atoms with Gasteiger partial charge >= 0.3 is 5.97 Å². The number of rotatable bonds is 5. The zero-order valence-corrected chi connectivity index (χ0v) is 19.7. The highest BCUT2D eigenvalue weighted by Crippen LogP contribution is 2.64. The Morgan fingerprint density at radius 3 is 1.57 bits per heavy atom. The maximum atomic E-state index is 13.1. The van der Waals surface area contributed by atoms with Crippen molar-refractivity contribution in [3.63, 3.8) is 0 Å². The number of ether oxygens (including phenoxy) is 3. The molecule has 2 unspecified atom stereocenters. The van der Waals surface area contributed by atoms with E-state index in [2.05, 4.69) is 48.5 Å². The molecule has 4 fully saturated rings. The largest absolute Gasteiger partial charge is 0.458 e. The summed E-state index contributed by atoms with van der Waals surface area (Å²) in [5, 5.41) is 0. The predicted octanol–water partition coefficient (Wildman–Crippen LogP) is 5.81. The fourth-order valence-electron chi connectivity index (χ4n) is 6.30. The molecular formula is C24H42O4. The van der Waals surface area contributed by atoms with Gasteiger partial charge in [-0.3, -0.25) is 4.79 Å². The molecule has 4 aliphatic rings. The fraction of sp³-hybridized carbons (Fsp3) is 0.958. The third kappa shape index (κ3) is 4.43. The van der Waals surface area contributed by atoms with Crippen LogP contribution >= 0.6 is 0 Å². The van der Waals surface area contributed by atoms with Crippen molar-refractivity contribution in [3.8, 4) is 0 Å². The second-order valence-electron chi connectivity index (χ2n) is 12.6. The predicted molar refractivity (Wildman–Crippen MR) is 111 cm³/mol. The first kappa shape index (κ1) is 22.1. The van der Waals surface area contributed by atoms with Gasteiger partial charge in [-0.2, -0.15) is 0 Å². The van der Waals surface area contributed by atoms with Gasteiger partial charge in [0.15, 0.2) is 0 Å². The standard InChI is InChI=1S/C24H42O4/c1-10-21(8,9)18(25)26-22-11-17-12-23(14-22,27-19(2,3)4)16-24(13-17,15-22)28-20(5,6)7/h17H,10-16H2,1-9H3. The van der Waals surface area contributed by atoms with Gasteiger partial charge in [0, 0.05) is 19.3 Å². The van der Waals surface area contributed by atoms with Gasteiger partial charge < -0.3 is 14.2 Å². The lowest BCUT2D eigenvalue weighted by molar-refractivity contribution is -0.316. The van der Waals surface area contributed by atoms with Crippen LogP contribution < -0.4 is 0 Å². The van der Waals surface area contributed by atoms with Crippen molar-refractivity contribution in [3.05, 3.63) is 0 Å². The van der Waals surface area contributed by atoms with Crippen LogP contribution in [-0.2, 0) is 19.0 Å². The topological polar surface area (TPSA) is 44.8 Å². The lowest BCUT2D eigenvalue weighted by atomic mass is 9.50. The first-order valence-electron chi connectivity index (χ1n) is 11.1. The van der Waals surface area contributed by atoms with Gasteiger partial charge in [-0.05, 0) is 87.0 Å². The molecule has 162 valence electrons. The Morgan fingerprint density at radius 1 is 0.786 bits per heavy atom. The second kappa shape index (κ2) is 6.44. The third-order valence-corrected chi connectivity index (χ3v) is 6.71. The Hall–Kier alpha value is -0.610. The van der Waals surface area contributed by atoms with Gasteiger partial charge in [-0.1, -0.05) is 6.92 Å². The van der Waals surface area contributed by atoms with E-state index in [1.165, 1.54) is 0 Å². The molecule has 4 saturated carbocycles. The van der Waals surface area contributed by atoms with Crippen molar-refractivity contribution < 1.29 is 19.0 Å². The summed E-state index contributed by atoms with van der Waals surface area (Å²) >= 11 is 0. The first-order chi connectivity index (χ1) is 12.5. The molecule has 0 aromatic rings. The number of carbonyl (C=O) groups is 1. The molecule has 0 radical (unpaired) electrons. The first-order valence-corrected chi connectivity index (χ1v) is 11.1. The quantitative estimate of drug-likeness (QED) is 0.552. The van der Waals surface area contributed by atoms with E-state index in [1.807, 2.05) is 13.8 Å². The molecule has 0 heterocycles. The molecule has 0 aromatic carbocycles. The summed E-state index contributed by atoms with van der Waals surface area (Å²) in [6.45, 7) is 18.8. The summed E-state index contributed by atoms with van der Waals surface area (Å²) in [5.41, 5.74) is -1.91. The molecule has 2 atom stereocenters. The number of esters is 1. The van der Waals surface area contributed by atoms with Crippen molar-refractivity contribution in [1.29, 1.82) is 0 Å². The molecule has 4 aliphatic carbocycles. The van der Waals surface area contributed by atoms with Crippen LogP contribution in [0.4, 0.5) is 0 Å². The van der Waals surface area contributed by atoms with Gasteiger partial charge in [0.2, 0.25) is 0 Å². The van der Waals surface area contributed by atoms with Crippen LogP contribution in [0.25, 0.3) is 0 Å². The lowest BCUT2D eigenvalue weighted by Crippen LogP contribution is -2.70. The monoisotopic (exact) mass is 394 g/mol. The molecule has 0 saturated heterocycles. The van der Waals surface area contributed by atoms with Crippen LogP contribution in [0.1, 0.15) is 107 Å². The maximum Gasteiger partial charge on any atom is 0.312 e. The highest BCUT2D eigenvalue weighted by atomic mass is 16.6. The normalized spacial score (nSPS) is 38.0. The van der Waals surface area contributed by atoms with Gasteiger partial charge in [-0.15, -0.1) is 0 Å². The van der Waals surface area contributed by atoms with E-state index < -0.39 is 11.0 Å². The Kier molecular flexibility index (Phi) is 5.08. The molecule has 0 aliphatic heterocycles. The van der Waals surface area contributed by atoms with Crippen molar-refractivity contribution in [2.45, 2.75) is 135 Å². The molecule has 0 amide bonds. The molecule has 4 nitrogen and oxygen atoms in total. The second-order valence-corrected chi connectivity index (χ2v) is 12.6. The minimum absolute atomic E-state index is 0.0752. The Morgan fingerprint density at radius 2 is 1.18 bits per heavy atom. The minimum Gasteiger partial charge on any atom is -0.458 e. The Balaban J connectivity index is 1.96. The number of carbonyl (C=O) groups excluding carboxylic acids is 1. The van der Waals surface area contributed by atoms with Gasteiger partial charge in [0.1, 0.15) is 5.60 Å². The molecule has 4 rings (SSSR count). The molecule has 0 spiro atoms.